The number of nitrogens with zero attached hydrogens (tertiary/aromatic N) is 1. The Labute approximate surface area is 138 Å². The third-order valence-corrected chi connectivity index (χ3v) is 4.49. The standard InChI is InChI=1S/C17H24BN3O2/c1-16(2)17(3,4)23-18(22-16)14(11-21-5)9-13-8-12(10-19)6-7-15(13)20/h6-9,21H,11,20H2,1-5H3. The van der Waals surface area contributed by atoms with Gasteiger partial charge in [0.1, 0.15) is 0 Å². The molecular weight excluding hydrogens is 289 g/mol. The van der Waals surface area contributed by atoms with Crippen LogP contribution in [0.15, 0.2) is 23.7 Å². The van der Waals surface area contributed by atoms with E-state index in [9.17, 15) is 0 Å². The first-order valence-electron chi connectivity index (χ1n) is 7.70. The van der Waals surface area contributed by atoms with Crippen LogP contribution in [-0.4, -0.2) is 31.9 Å². The summed E-state index contributed by atoms with van der Waals surface area (Å²) in [6.45, 7) is 8.69. The lowest BCUT2D eigenvalue weighted by Gasteiger charge is -2.32. The van der Waals surface area contributed by atoms with Gasteiger partial charge in [-0.2, -0.15) is 5.26 Å². The third-order valence-electron chi connectivity index (χ3n) is 4.49. The van der Waals surface area contributed by atoms with Gasteiger partial charge in [-0.3, -0.25) is 0 Å². The largest absolute Gasteiger partial charge is 0.491 e. The summed E-state index contributed by atoms with van der Waals surface area (Å²) < 4.78 is 12.2. The highest BCUT2D eigenvalue weighted by Gasteiger charge is 2.52. The second-order valence-electron chi connectivity index (χ2n) is 6.79. The molecule has 0 saturated carbocycles. The Kier molecular flexibility index (Phi) is 4.85. The number of nitrogens with one attached hydrogen (secondary N) is 1. The minimum Gasteiger partial charge on any atom is -0.400 e. The van der Waals surface area contributed by atoms with Gasteiger partial charge in [0.2, 0.25) is 0 Å². The number of hydrogen-bond donors (Lipinski definition) is 2. The predicted octanol–water partition coefficient (Wildman–Crippen LogP) is 2.37. The number of nitrogen functional groups attached to an aromatic ring is 1. The number of nitrogens with two attached hydrogens (primary N) is 1. The first-order valence-corrected chi connectivity index (χ1v) is 7.70. The molecule has 0 amide bonds. The van der Waals surface area contributed by atoms with E-state index in [2.05, 4.69) is 11.4 Å². The van der Waals surface area contributed by atoms with Gasteiger partial charge < -0.3 is 20.4 Å². The maximum atomic E-state index is 9.07. The summed E-state index contributed by atoms with van der Waals surface area (Å²) in [6.07, 6.45) is 1.94. The van der Waals surface area contributed by atoms with E-state index in [-0.39, 0.29) is 0 Å². The van der Waals surface area contributed by atoms with Crippen molar-refractivity contribution in [3.63, 3.8) is 0 Å². The zero-order valence-corrected chi connectivity index (χ0v) is 14.4. The summed E-state index contributed by atoms with van der Waals surface area (Å²) in [5, 5.41) is 12.2. The van der Waals surface area contributed by atoms with Crippen molar-refractivity contribution in [3.8, 4) is 6.07 Å². The average molecular weight is 313 g/mol. The molecule has 1 saturated heterocycles. The SMILES string of the molecule is CNCC(=Cc1cc(C#N)ccc1N)B1OC(C)(C)C(C)(C)O1. The van der Waals surface area contributed by atoms with Crippen LogP contribution >= 0.6 is 0 Å². The monoisotopic (exact) mass is 313 g/mol. The van der Waals surface area contributed by atoms with Gasteiger partial charge in [0.15, 0.2) is 0 Å². The molecule has 6 heteroatoms. The Balaban J connectivity index is 2.38. The molecule has 1 aliphatic heterocycles. The van der Waals surface area contributed by atoms with E-state index in [1.807, 2.05) is 40.8 Å². The van der Waals surface area contributed by atoms with Crippen molar-refractivity contribution in [2.24, 2.45) is 0 Å². The molecule has 1 heterocycles. The Morgan fingerprint density at radius 1 is 1.30 bits per heavy atom. The van der Waals surface area contributed by atoms with Crippen molar-refractivity contribution in [2.75, 3.05) is 19.3 Å². The van der Waals surface area contributed by atoms with Crippen LogP contribution in [0.1, 0.15) is 38.8 Å². The van der Waals surface area contributed by atoms with Crippen LogP contribution in [0.25, 0.3) is 6.08 Å². The fourth-order valence-electron chi connectivity index (χ4n) is 2.37. The molecule has 122 valence electrons. The molecule has 1 aromatic rings. The first-order chi connectivity index (χ1) is 10.7. The number of rotatable bonds is 4. The Morgan fingerprint density at radius 2 is 1.91 bits per heavy atom. The molecule has 2 rings (SSSR count). The number of hydrogen-bond acceptors (Lipinski definition) is 5. The lowest BCUT2D eigenvalue weighted by Crippen LogP contribution is -2.41. The van der Waals surface area contributed by atoms with Gasteiger partial charge in [-0.1, -0.05) is 6.08 Å². The van der Waals surface area contributed by atoms with Gasteiger partial charge >= 0.3 is 7.12 Å². The summed E-state index contributed by atoms with van der Waals surface area (Å²) in [6, 6.07) is 7.36. The minimum absolute atomic E-state index is 0.398. The highest BCUT2D eigenvalue weighted by Crippen LogP contribution is 2.38. The number of likely N-dealkylation sites (N-methyl/N-ethyl adjacent to an activating group) is 1. The van der Waals surface area contributed by atoms with Crippen molar-refractivity contribution in [1.29, 1.82) is 5.26 Å². The van der Waals surface area contributed by atoms with Gasteiger partial charge in [0.25, 0.3) is 0 Å². The van der Waals surface area contributed by atoms with Crippen LogP contribution in [-0.2, 0) is 9.31 Å². The van der Waals surface area contributed by atoms with Crippen LogP contribution in [0.3, 0.4) is 0 Å². The molecule has 0 unspecified atom stereocenters. The van der Waals surface area contributed by atoms with E-state index in [1.54, 1.807) is 18.2 Å². The maximum Gasteiger partial charge on any atom is 0.491 e. The Morgan fingerprint density at radius 3 is 2.43 bits per heavy atom. The second-order valence-corrected chi connectivity index (χ2v) is 6.79. The number of anilines is 1. The van der Waals surface area contributed by atoms with E-state index in [0.717, 1.165) is 11.0 Å². The summed E-state index contributed by atoms with van der Waals surface area (Å²) in [4.78, 5) is 0. The van der Waals surface area contributed by atoms with Gasteiger partial charge in [-0.15, -0.1) is 0 Å². The van der Waals surface area contributed by atoms with Gasteiger partial charge in [0.05, 0.1) is 22.8 Å². The predicted molar refractivity (Wildman–Crippen MR) is 93.6 cm³/mol. The van der Waals surface area contributed by atoms with E-state index >= 15 is 0 Å². The van der Waals surface area contributed by atoms with Crippen molar-refractivity contribution < 1.29 is 9.31 Å². The molecule has 0 atom stereocenters. The molecule has 0 spiro atoms. The van der Waals surface area contributed by atoms with Crippen LogP contribution in [0, 0.1) is 11.3 Å². The fraction of sp³-hybridized carbons (Fsp3) is 0.471. The molecule has 3 N–H and O–H groups in total. The molecule has 0 aromatic heterocycles. The lowest BCUT2D eigenvalue weighted by atomic mass is 9.76. The van der Waals surface area contributed by atoms with Gasteiger partial charge in [-0.25, -0.2) is 0 Å². The molecule has 0 bridgehead atoms. The first kappa shape index (κ1) is 17.5. The van der Waals surface area contributed by atoms with Crippen LogP contribution in [0.5, 0.6) is 0 Å². The van der Waals surface area contributed by atoms with Crippen molar-refractivity contribution in [3.05, 3.63) is 34.8 Å². The van der Waals surface area contributed by atoms with E-state index in [1.165, 1.54) is 0 Å². The summed E-state index contributed by atoms with van der Waals surface area (Å²) in [7, 11) is 1.42. The summed E-state index contributed by atoms with van der Waals surface area (Å²) in [5.74, 6) is 0. The molecular formula is C17H24BN3O2. The normalized spacial score (nSPS) is 19.7. The quantitative estimate of drug-likeness (QED) is 0.659. The third kappa shape index (κ3) is 3.58. The van der Waals surface area contributed by atoms with Crippen molar-refractivity contribution in [1.82, 2.24) is 5.32 Å². The average Bonchev–Trinajstić information content (AvgIpc) is 2.69. The molecule has 0 aliphatic carbocycles. The molecule has 1 fully saturated rings. The van der Waals surface area contributed by atoms with E-state index in [4.69, 9.17) is 20.3 Å². The molecule has 0 radical (unpaired) electrons. The highest BCUT2D eigenvalue weighted by molar-refractivity contribution is 6.56. The minimum atomic E-state index is -0.447. The van der Waals surface area contributed by atoms with Crippen molar-refractivity contribution >= 4 is 18.9 Å². The highest BCUT2D eigenvalue weighted by atomic mass is 16.7. The number of nitriles is 1. The van der Waals surface area contributed by atoms with Crippen LogP contribution in [0.2, 0.25) is 0 Å². The van der Waals surface area contributed by atoms with E-state index < -0.39 is 18.3 Å². The topological polar surface area (TPSA) is 80.3 Å². The zero-order chi connectivity index (χ0) is 17.3. The maximum absolute atomic E-state index is 9.07. The smallest absolute Gasteiger partial charge is 0.400 e. The fourth-order valence-corrected chi connectivity index (χ4v) is 2.37. The Bertz CT molecular complexity index is 646. The van der Waals surface area contributed by atoms with Gasteiger partial charge in [0, 0.05) is 12.2 Å². The van der Waals surface area contributed by atoms with Crippen molar-refractivity contribution in [2.45, 2.75) is 38.9 Å². The summed E-state index contributed by atoms with van der Waals surface area (Å²) in [5.41, 5.74) is 8.17. The molecule has 5 nitrogen and oxygen atoms in total. The second kappa shape index (κ2) is 6.36. The van der Waals surface area contributed by atoms with Crippen LogP contribution in [0.4, 0.5) is 5.69 Å². The molecule has 23 heavy (non-hydrogen) atoms. The molecule has 1 aromatic carbocycles. The Hall–Kier alpha value is -1.81. The lowest BCUT2D eigenvalue weighted by molar-refractivity contribution is 0.00578. The van der Waals surface area contributed by atoms with Crippen LogP contribution < -0.4 is 11.1 Å². The van der Waals surface area contributed by atoms with Gasteiger partial charge in [-0.05, 0) is 64.0 Å². The molecule has 1 aliphatic rings. The number of benzene rings is 1. The summed E-state index contributed by atoms with van der Waals surface area (Å²) >= 11 is 0. The zero-order valence-electron chi connectivity index (χ0n) is 14.4. The van der Waals surface area contributed by atoms with E-state index in [0.29, 0.717) is 17.8 Å².